The molecule has 7 heteroatoms. The average molecular weight is 385 g/mol. The van der Waals surface area contributed by atoms with Crippen molar-refractivity contribution in [3.8, 4) is 5.75 Å². The SMILES string of the molecule is CCOC(=O)c1cc2cccc(O)c2cc1NS(=O)(=O)c1ccc(C)cc1. The third-order valence-corrected chi connectivity index (χ3v) is 5.45. The Kier molecular flexibility index (Phi) is 5.05. The van der Waals surface area contributed by atoms with Gasteiger partial charge in [-0.2, -0.15) is 0 Å². The van der Waals surface area contributed by atoms with Crippen LogP contribution in [0.15, 0.2) is 59.5 Å². The van der Waals surface area contributed by atoms with Crippen LogP contribution in [0.5, 0.6) is 5.75 Å². The van der Waals surface area contributed by atoms with E-state index in [9.17, 15) is 18.3 Å². The van der Waals surface area contributed by atoms with Crippen molar-refractivity contribution in [2.45, 2.75) is 18.7 Å². The standard InChI is InChI=1S/C20H19NO5S/c1-3-26-20(23)17-11-14-5-4-6-19(22)16(14)12-18(17)21-27(24,25)15-9-7-13(2)8-10-15/h4-12,21-22H,3H2,1-2H3. The van der Waals surface area contributed by atoms with Crippen LogP contribution in [-0.4, -0.2) is 26.1 Å². The molecule has 140 valence electrons. The third-order valence-electron chi connectivity index (χ3n) is 4.07. The van der Waals surface area contributed by atoms with Gasteiger partial charge in [0.15, 0.2) is 0 Å². The van der Waals surface area contributed by atoms with Gasteiger partial charge in [0.25, 0.3) is 10.0 Å². The summed E-state index contributed by atoms with van der Waals surface area (Å²) in [7, 11) is -3.92. The zero-order valence-electron chi connectivity index (χ0n) is 14.9. The summed E-state index contributed by atoms with van der Waals surface area (Å²) in [5.41, 5.74) is 1.05. The molecule has 0 unspecified atom stereocenters. The predicted molar refractivity (Wildman–Crippen MR) is 104 cm³/mol. The lowest BCUT2D eigenvalue weighted by molar-refractivity contribution is 0.0528. The zero-order chi connectivity index (χ0) is 19.6. The maximum Gasteiger partial charge on any atom is 0.340 e. The largest absolute Gasteiger partial charge is 0.507 e. The Morgan fingerprint density at radius 3 is 2.48 bits per heavy atom. The number of hydrogen-bond donors (Lipinski definition) is 2. The number of phenols is 1. The molecule has 0 aromatic heterocycles. The number of hydrogen-bond acceptors (Lipinski definition) is 5. The lowest BCUT2D eigenvalue weighted by atomic mass is 10.0. The molecule has 0 atom stereocenters. The number of aromatic hydroxyl groups is 1. The van der Waals surface area contributed by atoms with Gasteiger partial charge in [-0.3, -0.25) is 4.72 Å². The van der Waals surface area contributed by atoms with Gasteiger partial charge in [0.2, 0.25) is 0 Å². The van der Waals surface area contributed by atoms with Gasteiger partial charge in [-0.1, -0.05) is 29.8 Å². The van der Waals surface area contributed by atoms with Gasteiger partial charge >= 0.3 is 5.97 Å². The van der Waals surface area contributed by atoms with Crippen LogP contribution in [0.4, 0.5) is 5.69 Å². The Bertz CT molecular complexity index is 1110. The number of carbonyl (C=O) groups excluding carboxylic acids is 1. The van der Waals surface area contributed by atoms with Gasteiger partial charge in [0, 0.05) is 5.39 Å². The molecule has 0 saturated heterocycles. The first-order chi connectivity index (χ1) is 12.8. The molecule has 0 amide bonds. The van der Waals surface area contributed by atoms with Crippen LogP contribution >= 0.6 is 0 Å². The molecule has 3 aromatic carbocycles. The van der Waals surface area contributed by atoms with Crippen molar-refractivity contribution in [2.24, 2.45) is 0 Å². The Balaban J connectivity index is 2.13. The molecule has 0 aliphatic carbocycles. The summed E-state index contributed by atoms with van der Waals surface area (Å²) >= 11 is 0. The van der Waals surface area contributed by atoms with Crippen LogP contribution in [0.25, 0.3) is 10.8 Å². The summed E-state index contributed by atoms with van der Waals surface area (Å²) < 4.78 is 33.0. The smallest absolute Gasteiger partial charge is 0.340 e. The number of phenolic OH excluding ortho intramolecular Hbond substituents is 1. The Labute approximate surface area is 157 Å². The van der Waals surface area contributed by atoms with Gasteiger partial charge in [0.05, 0.1) is 22.8 Å². The summed E-state index contributed by atoms with van der Waals surface area (Å²) in [6.45, 7) is 3.68. The quantitative estimate of drug-likeness (QED) is 0.651. The summed E-state index contributed by atoms with van der Waals surface area (Å²) in [6, 6.07) is 14.1. The molecule has 0 saturated carbocycles. The van der Waals surface area contributed by atoms with Crippen LogP contribution in [0, 0.1) is 6.92 Å². The van der Waals surface area contributed by atoms with Crippen LogP contribution < -0.4 is 4.72 Å². The van der Waals surface area contributed by atoms with E-state index in [-0.39, 0.29) is 28.5 Å². The monoisotopic (exact) mass is 385 g/mol. The van der Waals surface area contributed by atoms with Gasteiger partial charge < -0.3 is 9.84 Å². The highest BCUT2D eigenvalue weighted by Crippen LogP contribution is 2.32. The minimum atomic E-state index is -3.92. The number of nitrogens with one attached hydrogen (secondary N) is 1. The number of esters is 1. The molecule has 3 aromatic rings. The van der Waals surface area contributed by atoms with E-state index in [2.05, 4.69) is 4.72 Å². The number of fused-ring (bicyclic) bond motifs is 1. The summed E-state index contributed by atoms with van der Waals surface area (Å²) in [5, 5.41) is 11.1. The lowest BCUT2D eigenvalue weighted by Crippen LogP contribution is -2.16. The maximum absolute atomic E-state index is 12.7. The molecule has 0 heterocycles. The fourth-order valence-corrected chi connectivity index (χ4v) is 3.76. The van der Waals surface area contributed by atoms with E-state index in [1.807, 2.05) is 6.92 Å². The molecule has 3 rings (SSSR count). The lowest BCUT2D eigenvalue weighted by Gasteiger charge is -2.14. The predicted octanol–water partition coefficient (Wildman–Crippen LogP) is 3.83. The van der Waals surface area contributed by atoms with Crippen molar-refractivity contribution in [2.75, 3.05) is 11.3 Å². The molecule has 0 fully saturated rings. The molecular weight excluding hydrogens is 366 g/mol. The van der Waals surface area contributed by atoms with Crippen LogP contribution in [-0.2, 0) is 14.8 Å². The highest BCUT2D eigenvalue weighted by atomic mass is 32.2. The molecule has 6 nitrogen and oxygen atoms in total. The van der Waals surface area contributed by atoms with Crippen LogP contribution in [0.1, 0.15) is 22.8 Å². The minimum absolute atomic E-state index is 0.0151. The normalized spacial score (nSPS) is 11.3. The van der Waals surface area contributed by atoms with Crippen molar-refractivity contribution < 1.29 is 23.1 Å². The van der Waals surface area contributed by atoms with Crippen LogP contribution in [0.3, 0.4) is 0 Å². The number of aryl methyl sites for hydroxylation is 1. The second-order valence-electron chi connectivity index (χ2n) is 6.04. The molecule has 2 N–H and O–H groups in total. The highest BCUT2D eigenvalue weighted by molar-refractivity contribution is 7.92. The summed E-state index contributed by atoms with van der Waals surface area (Å²) in [5.74, 6) is -0.664. The van der Waals surface area contributed by atoms with E-state index in [0.29, 0.717) is 10.8 Å². The van der Waals surface area contributed by atoms with Crippen molar-refractivity contribution in [1.29, 1.82) is 0 Å². The van der Waals surface area contributed by atoms with Gasteiger partial charge in [-0.25, -0.2) is 13.2 Å². The fraction of sp³-hybridized carbons (Fsp3) is 0.150. The van der Waals surface area contributed by atoms with Crippen molar-refractivity contribution in [3.63, 3.8) is 0 Å². The zero-order valence-corrected chi connectivity index (χ0v) is 15.7. The molecular formula is C20H19NO5S. The molecule has 0 radical (unpaired) electrons. The molecule has 27 heavy (non-hydrogen) atoms. The second-order valence-corrected chi connectivity index (χ2v) is 7.72. The number of ether oxygens (including phenoxy) is 1. The van der Waals surface area contributed by atoms with E-state index in [1.165, 1.54) is 30.3 Å². The first-order valence-corrected chi connectivity index (χ1v) is 9.82. The van der Waals surface area contributed by atoms with Gasteiger partial charge in [0.1, 0.15) is 5.75 Å². The first kappa shape index (κ1) is 18.7. The highest BCUT2D eigenvalue weighted by Gasteiger charge is 2.21. The van der Waals surface area contributed by atoms with Crippen molar-refractivity contribution >= 4 is 32.5 Å². The van der Waals surface area contributed by atoms with Crippen molar-refractivity contribution in [3.05, 3.63) is 65.7 Å². The van der Waals surface area contributed by atoms with E-state index in [4.69, 9.17) is 4.74 Å². The minimum Gasteiger partial charge on any atom is -0.507 e. The third kappa shape index (κ3) is 3.88. The van der Waals surface area contributed by atoms with E-state index in [0.717, 1.165) is 5.56 Å². The van der Waals surface area contributed by atoms with Crippen LogP contribution in [0.2, 0.25) is 0 Å². The van der Waals surface area contributed by atoms with Gasteiger partial charge in [-0.05, 0) is 49.6 Å². The second kappa shape index (κ2) is 7.28. The van der Waals surface area contributed by atoms with E-state index in [1.54, 1.807) is 31.2 Å². The molecule has 0 aliphatic heterocycles. The van der Waals surface area contributed by atoms with Crippen molar-refractivity contribution in [1.82, 2.24) is 0 Å². The Morgan fingerprint density at radius 1 is 1.11 bits per heavy atom. The average Bonchev–Trinajstić information content (AvgIpc) is 2.62. The number of anilines is 1. The first-order valence-electron chi connectivity index (χ1n) is 8.34. The topological polar surface area (TPSA) is 92.7 Å². The maximum atomic E-state index is 12.7. The number of benzene rings is 3. The fourth-order valence-electron chi connectivity index (χ4n) is 2.69. The Morgan fingerprint density at radius 2 is 1.81 bits per heavy atom. The number of carbonyl (C=O) groups is 1. The Hall–Kier alpha value is -3.06. The molecule has 0 spiro atoms. The van der Waals surface area contributed by atoms with E-state index >= 15 is 0 Å². The molecule has 0 bridgehead atoms. The van der Waals surface area contributed by atoms with Gasteiger partial charge in [-0.15, -0.1) is 0 Å². The molecule has 0 aliphatic rings. The number of rotatable bonds is 5. The summed E-state index contributed by atoms with van der Waals surface area (Å²) in [4.78, 5) is 12.4. The summed E-state index contributed by atoms with van der Waals surface area (Å²) in [6.07, 6.45) is 0. The number of sulfonamides is 1. The van der Waals surface area contributed by atoms with E-state index < -0.39 is 16.0 Å².